The lowest BCUT2D eigenvalue weighted by Gasteiger charge is -2.37. The van der Waals surface area contributed by atoms with Crippen LogP contribution in [0.3, 0.4) is 0 Å². The number of aromatic nitrogens is 4. The Morgan fingerprint density at radius 2 is 1.89 bits per heavy atom. The van der Waals surface area contributed by atoms with E-state index in [1.54, 1.807) is 12.4 Å². The summed E-state index contributed by atoms with van der Waals surface area (Å²) in [5, 5.41) is 11.9. The number of carbonyl (C=O) groups is 1. The van der Waals surface area contributed by atoms with Crippen LogP contribution in [0, 0.1) is 6.92 Å². The van der Waals surface area contributed by atoms with Crippen molar-refractivity contribution in [1.82, 2.24) is 25.1 Å². The fourth-order valence-electron chi connectivity index (χ4n) is 4.57. The van der Waals surface area contributed by atoms with Gasteiger partial charge in [-0.05, 0) is 50.1 Å². The van der Waals surface area contributed by atoms with E-state index in [1.165, 1.54) is 11.3 Å². The minimum atomic E-state index is 0.167. The first-order valence-electron chi connectivity index (χ1n) is 9.69. The van der Waals surface area contributed by atoms with Gasteiger partial charge >= 0.3 is 0 Å². The van der Waals surface area contributed by atoms with Crippen molar-refractivity contribution in [1.29, 1.82) is 0 Å². The fraction of sp³-hybridized carbons (Fsp3) is 0.450. The third-order valence-electron chi connectivity index (χ3n) is 5.79. The smallest absolute Gasteiger partial charge is 0.229 e. The molecule has 2 bridgehead atoms. The highest BCUT2D eigenvalue weighted by molar-refractivity contribution is 7.14. The molecule has 144 valence electrons. The Kier molecular flexibility index (Phi) is 4.32. The number of nitrogens with zero attached hydrogens (tertiary/aromatic N) is 5. The molecule has 0 spiro atoms. The molecule has 2 fully saturated rings. The zero-order valence-electron chi connectivity index (χ0n) is 15.7. The Balaban J connectivity index is 1.39. The van der Waals surface area contributed by atoms with Gasteiger partial charge in [0.15, 0.2) is 5.01 Å². The molecule has 5 heterocycles. The Morgan fingerprint density at radius 3 is 2.61 bits per heavy atom. The number of hydrogen-bond acceptors (Lipinski definition) is 7. The first kappa shape index (κ1) is 17.6. The lowest BCUT2D eigenvalue weighted by atomic mass is 9.97. The second-order valence-electron chi connectivity index (χ2n) is 7.81. The third kappa shape index (κ3) is 3.16. The Labute approximate surface area is 167 Å². The number of rotatable bonds is 3. The maximum absolute atomic E-state index is 13.0. The van der Waals surface area contributed by atoms with Gasteiger partial charge in [-0.25, -0.2) is 0 Å². The van der Waals surface area contributed by atoms with E-state index in [2.05, 4.69) is 25.1 Å². The molecule has 8 heteroatoms. The number of piperidine rings is 1. The summed E-state index contributed by atoms with van der Waals surface area (Å²) in [4.78, 5) is 24.0. The minimum Gasteiger partial charge on any atom is -0.336 e. The molecule has 0 aliphatic carbocycles. The lowest BCUT2D eigenvalue weighted by molar-refractivity contribution is -0.135. The van der Waals surface area contributed by atoms with E-state index in [0.29, 0.717) is 18.5 Å². The van der Waals surface area contributed by atoms with Crippen LogP contribution >= 0.6 is 11.3 Å². The van der Waals surface area contributed by atoms with Crippen LogP contribution < -0.4 is 5.73 Å². The first-order chi connectivity index (χ1) is 13.6. The van der Waals surface area contributed by atoms with Crippen LogP contribution in [0.15, 0.2) is 24.5 Å². The van der Waals surface area contributed by atoms with Gasteiger partial charge in [0, 0.05) is 35.9 Å². The van der Waals surface area contributed by atoms with Crippen molar-refractivity contribution in [2.45, 2.75) is 57.2 Å². The molecule has 1 unspecified atom stereocenters. The molecule has 3 atom stereocenters. The fourth-order valence-corrected chi connectivity index (χ4v) is 5.23. The van der Waals surface area contributed by atoms with Crippen molar-refractivity contribution in [3.05, 3.63) is 35.2 Å². The van der Waals surface area contributed by atoms with Crippen molar-refractivity contribution < 1.29 is 4.79 Å². The second-order valence-corrected chi connectivity index (χ2v) is 8.99. The van der Waals surface area contributed by atoms with E-state index in [-0.39, 0.29) is 11.9 Å². The van der Waals surface area contributed by atoms with Gasteiger partial charge in [0.05, 0.1) is 12.1 Å². The van der Waals surface area contributed by atoms with Crippen LogP contribution in [0.25, 0.3) is 21.5 Å². The van der Waals surface area contributed by atoms with E-state index in [9.17, 15) is 4.79 Å². The average Bonchev–Trinajstić information content (AvgIpc) is 3.22. The Morgan fingerprint density at radius 1 is 1.14 bits per heavy atom. The Hall–Kier alpha value is -2.45. The Bertz CT molecular complexity index is 1040. The predicted octanol–water partition coefficient (Wildman–Crippen LogP) is 2.48. The minimum absolute atomic E-state index is 0.167. The highest BCUT2D eigenvalue weighted by atomic mass is 32.1. The zero-order chi connectivity index (χ0) is 19.3. The molecule has 3 aromatic heterocycles. The molecular formula is C20H22N6OS. The monoisotopic (exact) mass is 394 g/mol. The zero-order valence-corrected chi connectivity index (χ0v) is 16.5. The van der Waals surface area contributed by atoms with Crippen molar-refractivity contribution in [3.8, 4) is 10.7 Å². The van der Waals surface area contributed by atoms with Crippen molar-refractivity contribution in [2.75, 3.05) is 0 Å². The summed E-state index contributed by atoms with van der Waals surface area (Å²) >= 11 is 1.52. The molecule has 2 N–H and O–H groups in total. The van der Waals surface area contributed by atoms with Gasteiger partial charge in [0.2, 0.25) is 5.91 Å². The topological polar surface area (TPSA) is 97.9 Å². The van der Waals surface area contributed by atoms with Crippen molar-refractivity contribution in [3.63, 3.8) is 0 Å². The predicted molar refractivity (Wildman–Crippen MR) is 108 cm³/mol. The molecule has 28 heavy (non-hydrogen) atoms. The summed E-state index contributed by atoms with van der Waals surface area (Å²) in [6.45, 7) is 1.93. The van der Waals surface area contributed by atoms with Crippen LogP contribution in [0.5, 0.6) is 0 Å². The normalized spacial score (nSPS) is 24.1. The first-order valence-corrected chi connectivity index (χ1v) is 10.5. The summed E-state index contributed by atoms with van der Waals surface area (Å²) in [7, 11) is 0. The van der Waals surface area contributed by atoms with Gasteiger partial charge in [-0.3, -0.25) is 14.8 Å². The number of aryl methyl sites for hydroxylation is 1. The number of hydrogen-bond donors (Lipinski definition) is 1. The van der Waals surface area contributed by atoms with Crippen molar-refractivity contribution in [2.24, 2.45) is 5.73 Å². The highest BCUT2D eigenvalue weighted by Crippen LogP contribution is 2.35. The van der Waals surface area contributed by atoms with Crippen LogP contribution in [-0.4, -0.2) is 49.1 Å². The van der Waals surface area contributed by atoms with E-state index in [0.717, 1.165) is 57.9 Å². The summed E-state index contributed by atoms with van der Waals surface area (Å²) in [5.74, 6) is 0.167. The van der Waals surface area contributed by atoms with E-state index >= 15 is 0 Å². The number of carbonyl (C=O) groups excluding carboxylic acids is 1. The van der Waals surface area contributed by atoms with Gasteiger partial charge < -0.3 is 10.6 Å². The van der Waals surface area contributed by atoms with Gasteiger partial charge in [0.25, 0.3) is 0 Å². The standard InChI is InChI=1S/C20H22N6OS/c1-11-24-25-20(28-11)18-5-12-4-15(22-9-13(12)10-23-18)8-19(27)26-16-2-3-17(26)7-14(21)6-16/h4-5,9-10,14,16-17H,2-3,6-8,21H2,1H3/t14?,16-,17+. The largest absolute Gasteiger partial charge is 0.336 e. The molecule has 0 aromatic carbocycles. The molecule has 5 rings (SSSR count). The highest BCUT2D eigenvalue weighted by Gasteiger charge is 2.41. The average molecular weight is 395 g/mol. The summed E-state index contributed by atoms with van der Waals surface area (Å²) in [6.07, 6.45) is 7.91. The van der Waals surface area contributed by atoms with Crippen LogP contribution in [0.4, 0.5) is 0 Å². The quantitative estimate of drug-likeness (QED) is 0.733. The van der Waals surface area contributed by atoms with Crippen molar-refractivity contribution >= 4 is 28.0 Å². The van der Waals surface area contributed by atoms with E-state index in [4.69, 9.17) is 5.73 Å². The molecule has 7 nitrogen and oxygen atoms in total. The molecule has 2 saturated heterocycles. The lowest BCUT2D eigenvalue weighted by Crippen LogP contribution is -2.50. The summed E-state index contributed by atoms with van der Waals surface area (Å²) in [5.41, 5.74) is 7.72. The summed E-state index contributed by atoms with van der Waals surface area (Å²) in [6, 6.07) is 4.82. The molecule has 2 aliphatic heterocycles. The molecule has 2 aliphatic rings. The van der Waals surface area contributed by atoms with E-state index in [1.807, 2.05) is 19.1 Å². The van der Waals surface area contributed by atoms with Crippen LogP contribution in [-0.2, 0) is 11.2 Å². The molecule has 1 amide bonds. The van der Waals surface area contributed by atoms with Gasteiger partial charge in [-0.15, -0.1) is 10.2 Å². The van der Waals surface area contributed by atoms with E-state index < -0.39 is 0 Å². The van der Waals surface area contributed by atoms with Gasteiger partial charge in [0.1, 0.15) is 10.7 Å². The number of nitrogens with two attached hydrogens (primary N) is 1. The maximum atomic E-state index is 13.0. The number of fused-ring (bicyclic) bond motifs is 3. The van der Waals surface area contributed by atoms with Gasteiger partial charge in [-0.2, -0.15) is 0 Å². The maximum Gasteiger partial charge on any atom is 0.229 e. The number of amides is 1. The molecule has 3 aromatic rings. The number of pyridine rings is 2. The van der Waals surface area contributed by atoms with Crippen LogP contribution in [0.2, 0.25) is 0 Å². The SMILES string of the molecule is Cc1nnc(-c2cc3cc(CC(=O)N4[C@@H]5CC[C@H]4CC(N)C5)ncc3cn2)s1. The summed E-state index contributed by atoms with van der Waals surface area (Å²) < 4.78 is 0. The molecule has 0 saturated carbocycles. The van der Waals surface area contributed by atoms with Gasteiger partial charge in [-0.1, -0.05) is 11.3 Å². The van der Waals surface area contributed by atoms with Crippen LogP contribution in [0.1, 0.15) is 36.4 Å². The molecule has 0 radical (unpaired) electrons. The molecular weight excluding hydrogens is 372 g/mol. The second kappa shape index (κ2) is 6.86. The third-order valence-corrected chi connectivity index (χ3v) is 6.66.